The lowest BCUT2D eigenvalue weighted by atomic mass is 10.1. The number of amides is 2. The third kappa shape index (κ3) is 5.53. The van der Waals surface area contributed by atoms with Gasteiger partial charge >= 0.3 is 0 Å². The number of non-ortho nitro benzene ring substituents is 1. The minimum Gasteiger partial charge on any atom is -0.326 e. The van der Waals surface area contributed by atoms with Gasteiger partial charge in [0.25, 0.3) is 5.69 Å². The van der Waals surface area contributed by atoms with Crippen molar-refractivity contribution in [3.63, 3.8) is 0 Å². The standard InChI is InChI=1S/C24H21N3O4S/c28-23(17-6-7-17)25-19-10-14-21(15-11-19)32-22(16-4-2-1-3-5-16)24(29)26-18-8-12-20(13-9-18)27(30)31/h1-5,8-15,17,22H,6-7H2,(H,25,28)(H,26,29). The third-order valence-electron chi connectivity index (χ3n) is 5.01. The molecule has 2 amide bonds. The van der Waals surface area contributed by atoms with Crippen LogP contribution in [-0.2, 0) is 9.59 Å². The summed E-state index contributed by atoms with van der Waals surface area (Å²) in [7, 11) is 0. The SMILES string of the molecule is O=C(Nc1ccc(SC(C(=O)Nc2ccc([N+](=O)[O-])cc2)c2ccccc2)cc1)C1CC1. The average molecular weight is 448 g/mol. The highest BCUT2D eigenvalue weighted by molar-refractivity contribution is 8.00. The van der Waals surface area contributed by atoms with E-state index in [1.165, 1.54) is 36.0 Å². The second kappa shape index (κ2) is 9.65. The van der Waals surface area contributed by atoms with Crippen molar-refractivity contribution in [2.75, 3.05) is 10.6 Å². The number of carbonyl (C=O) groups excluding carboxylic acids is 2. The highest BCUT2D eigenvalue weighted by Gasteiger charge is 2.29. The van der Waals surface area contributed by atoms with Crippen molar-refractivity contribution >= 4 is 40.6 Å². The molecule has 0 aromatic heterocycles. The van der Waals surface area contributed by atoms with Gasteiger partial charge in [-0.1, -0.05) is 30.3 Å². The first-order valence-corrected chi connectivity index (χ1v) is 11.1. The average Bonchev–Trinajstić information content (AvgIpc) is 3.65. The molecule has 0 spiro atoms. The Labute approximate surface area is 189 Å². The van der Waals surface area contributed by atoms with Gasteiger partial charge in [0.05, 0.1) is 4.92 Å². The zero-order chi connectivity index (χ0) is 22.5. The Morgan fingerprint density at radius 2 is 1.47 bits per heavy atom. The molecule has 32 heavy (non-hydrogen) atoms. The van der Waals surface area contributed by atoms with Crippen molar-refractivity contribution in [2.45, 2.75) is 23.0 Å². The first kappa shape index (κ1) is 21.6. The summed E-state index contributed by atoms with van der Waals surface area (Å²) in [5.74, 6) is -0.0502. The molecule has 1 fully saturated rings. The predicted molar refractivity (Wildman–Crippen MR) is 125 cm³/mol. The lowest BCUT2D eigenvalue weighted by molar-refractivity contribution is -0.384. The largest absolute Gasteiger partial charge is 0.326 e. The van der Waals surface area contributed by atoms with Crippen LogP contribution in [0.2, 0.25) is 0 Å². The van der Waals surface area contributed by atoms with E-state index in [1.54, 1.807) is 0 Å². The van der Waals surface area contributed by atoms with Crippen LogP contribution in [-0.4, -0.2) is 16.7 Å². The molecule has 8 heteroatoms. The van der Waals surface area contributed by atoms with E-state index in [9.17, 15) is 19.7 Å². The summed E-state index contributed by atoms with van der Waals surface area (Å²) in [5.41, 5.74) is 2.02. The van der Waals surface area contributed by atoms with Crippen molar-refractivity contribution in [1.82, 2.24) is 0 Å². The van der Waals surface area contributed by atoms with Gasteiger partial charge in [-0.25, -0.2) is 0 Å². The van der Waals surface area contributed by atoms with E-state index in [2.05, 4.69) is 10.6 Å². The van der Waals surface area contributed by atoms with Gasteiger partial charge in [0.2, 0.25) is 11.8 Å². The maximum atomic E-state index is 13.1. The Balaban J connectivity index is 1.48. The smallest absolute Gasteiger partial charge is 0.269 e. The van der Waals surface area contributed by atoms with Gasteiger partial charge in [0, 0.05) is 34.3 Å². The van der Waals surface area contributed by atoms with Crippen LogP contribution < -0.4 is 10.6 Å². The Bertz CT molecular complexity index is 1110. The fraction of sp³-hybridized carbons (Fsp3) is 0.167. The number of nitrogens with one attached hydrogen (secondary N) is 2. The number of hydrogen-bond acceptors (Lipinski definition) is 5. The van der Waals surface area contributed by atoms with Crippen molar-refractivity contribution in [3.8, 4) is 0 Å². The summed E-state index contributed by atoms with van der Waals surface area (Å²) >= 11 is 1.39. The lowest BCUT2D eigenvalue weighted by Crippen LogP contribution is -2.19. The molecular formula is C24H21N3O4S. The van der Waals surface area contributed by atoms with Crippen LogP contribution in [0.1, 0.15) is 23.7 Å². The molecule has 0 heterocycles. The van der Waals surface area contributed by atoms with Crippen molar-refractivity contribution in [1.29, 1.82) is 0 Å². The molecule has 1 aliphatic rings. The molecule has 0 radical (unpaired) electrons. The monoisotopic (exact) mass is 447 g/mol. The van der Waals surface area contributed by atoms with Crippen molar-refractivity contribution < 1.29 is 14.5 Å². The quantitative estimate of drug-likeness (QED) is 0.273. The van der Waals surface area contributed by atoms with Crippen LogP contribution in [0.3, 0.4) is 0 Å². The van der Waals surface area contributed by atoms with Gasteiger partial charge in [-0.2, -0.15) is 0 Å². The van der Waals surface area contributed by atoms with Crippen LogP contribution in [0, 0.1) is 16.0 Å². The number of benzene rings is 3. The minimum absolute atomic E-state index is 0.0363. The minimum atomic E-state index is -0.529. The summed E-state index contributed by atoms with van der Waals surface area (Å²) in [6, 6.07) is 22.6. The van der Waals surface area contributed by atoms with E-state index in [1.807, 2.05) is 54.6 Å². The first-order valence-electron chi connectivity index (χ1n) is 10.2. The maximum Gasteiger partial charge on any atom is 0.269 e. The molecule has 0 aliphatic heterocycles. The maximum absolute atomic E-state index is 13.1. The molecule has 2 N–H and O–H groups in total. The van der Waals surface area contributed by atoms with E-state index < -0.39 is 10.2 Å². The number of nitrogens with zero attached hydrogens (tertiary/aromatic N) is 1. The normalized spacial score (nSPS) is 13.8. The highest BCUT2D eigenvalue weighted by Crippen LogP contribution is 2.37. The van der Waals surface area contributed by atoms with Crippen LogP contribution in [0.5, 0.6) is 0 Å². The number of thioether (sulfide) groups is 1. The molecular weight excluding hydrogens is 426 g/mol. The second-order valence-electron chi connectivity index (χ2n) is 7.49. The molecule has 3 aromatic carbocycles. The third-order valence-corrected chi connectivity index (χ3v) is 6.28. The molecule has 0 bridgehead atoms. The van der Waals surface area contributed by atoms with Crippen LogP contribution in [0.15, 0.2) is 83.8 Å². The number of rotatable bonds is 8. The second-order valence-corrected chi connectivity index (χ2v) is 8.67. The van der Waals surface area contributed by atoms with E-state index in [4.69, 9.17) is 0 Å². The van der Waals surface area contributed by atoms with E-state index >= 15 is 0 Å². The molecule has 1 unspecified atom stereocenters. The molecule has 7 nitrogen and oxygen atoms in total. The fourth-order valence-electron chi connectivity index (χ4n) is 3.12. The summed E-state index contributed by atoms with van der Waals surface area (Å²) in [6.45, 7) is 0. The Kier molecular flexibility index (Phi) is 6.51. The Morgan fingerprint density at radius 1 is 0.875 bits per heavy atom. The number of anilines is 2. The lowest BCUT2D eigenvalue weighted by Gasteiger charge is -2.17. The van der Waals surface area contributed by atoms with E-state index in [0.29, 0.717) is 5.69 Å². The Morgan fingerprint density at radius 3 is 2.06 bits per heavy atom. The van der Waals surface area contributed by atoms with Gasteiger partial charge in [0.15, 0.2) is 0 Å². The molecule has 1 saturated carbocycles. The van der Waals surface area contributed by atoms with Crippen molar-refractivity contribution in [3.05, 3.63) is 94.5 Å². The molecule has 162 valence electrons. The van der Waals surface area contributed by atoms with Gasteiger partial charge in [0.1, 0.15) is 5.25 Å². The number of nitro benzene ring substituents is 1. The van der Waals surface area contributed by atoms with E-state index in [-0.39, 0.29) is 23.4 Å². The van der Waals surface area contributed by atoms with Gasteiger partial charge in [-0.05, 0) is 54.8 Å². The molecule has 4 rings (SSSR count). The van der Waals surface area contributed by atoms with Gasteiger partial charge in [-0.15, -0.1) is 11.8 Å². The Hall–Kier alpha value is -3.65. The summed E-state index contributed by atoms with van der Waals surface area (Å²) in [5, 5.41) is 16.1. The highest BCUT2D eigenvalue weighted by atomic mass is 32.2. The van der Waals surface area contributed by atoms with Crippen LogP contribution in [0.25, 0.3) is 0 Å². The van der Waals surface area contributed by atoms with E-state index in [0.717, 1.165) is 29.0 Å². The van der Waals surface area contributed by atoms with Gasteiger partial charge < -0.3 is 10.6 Å². The zero-order valence-electron chi connectivity index (χ0n) is 17.1. The summed E-state index contributed by atoms with van der Waals surface area (Å²) in [4.78, 5) is 36.3. The fourth-order valence-corrected chi connectivity index (χ4v) is 4.14. The topological polar surface area (TPSA) is 101 Å². The number of hydrogen-bond donors (Lipinski definition) is 2. The zero-order valence-corrected chi connectivity index (χ0v) is 17.9. The summed E-state index contributed by atoms with van der Waals surface area (Å²) < 4.78 is 0. The molecule has 1 aliphatic carbocycles. The number of nitro groups is 1. The molecule has 3 aromatic rings. The van der Waals surface area contributed by atoms with Crippen LogP contribution >= 0.6 is 11.8 Å². The van der Waals surface area contributed by atoms with Crippen molar-refractivity contribution in [2.24, 2.45) is 5.92 Å². The summed E-state index contributed by atoms with van der Waals surface area (Å²) in [6.07, 6.45) is 1.89. The predicted octanol–water partition coefficient (Wildman–Crippen LogP) is 5.42. The first-order chi connectivity index (χ1) is 15.5. The van der Waals surface area contributed by atoms with Gasteiger partial charge in [-0.3, -0.25) is 19.7 Å². The molecule has 0 saturated heterocycles. The molecule has 1 atom stereocenters. The van der Waals surface area contributed by atoms with Crippen LogP contribution in [0.4, 0.5) is 17.1 Å². The number of carbonyl (C=O) groups is 2.